The molecule has 0 aliphatic carbocycles. The Morgan fingerprint density at radius 1 is 1.47 bits per heavy atom. The smallest absolute Gasteiger partial charge is 0.317 e. The van der Waals surface area contributed by atoms with Gasteiger partial charge in [-0.05, 0) is 30.4 Å². The molecule has 0 fully saturated rings. The van der Waals surface area contributed by atoms with Gasteiger partial charge in [0.1, 0.15) is 0 Å². The maximum absolute atomic E-state index is 10.6. The van der Waals surface area contributed by atoms with Crippen molar-refractivity contribution >= 4 is 17.7 Å². The normalized spacial score (nSPS) is 11.3. The van der Waals surface area contributed by atoms with Crippen molar-refractivity contribution in [3.05, 3.63) is 0 Å². The van der Waals surface area contributed by atoms with E-state index in [1.54, 1.807) is 0 Å². The first kappa shape index (κ1) is 14.8. The van der Waals surface area contributed by atoms with Crippen LogP contribution in [0, 0.1) is 5.92 Å². The Bertz CT molecular complexity index is 174. The maximum atomic E-state index is 10.6. The van der Waals surface area contributed by atoms with Gasteiger partial charge < -0.3 is 5.11 Å². The minimum absolute atomic E-state index is 0.176. The van der Waals surface area contributed by atoms with Crippen LogP contribution in [0.15, 0.2) is 0 Å². The van der Waals surface area contributed by atoms with Crippen molar-refractivity contribution in [2.75, 3.05) is 31.1 Å². The monoisotopic (exact) mass is 233 g/mol. The van der Waals surface area contributed by atoms with Crippen LogP contribution in [0.1, 0.15) is 27.2 Å². The Kier molecular flexibility index (Phi) is 8.91. The van der Waals surface area contributed by atoms with E-state index in [9.17, 15) is 4.79 Å². The number of carboxylic acids is 1. The fraction of sp³-hybridized carbons (Fsp3) is 0.909. The number of aliphatic carboxylic acids is 1. The van der Waals surface area contributed by atoms with Gasteiger partial charge in [-0.15, -0.1) is 0 Å². The van der Waals surface area contributed by atoms with Gasteiger partial charge in [-0.25, -0.2) is 0 Å². The molecule has 0 heterocycles. The van der Waals surface area contributed by atoms with Crippen LogP contribution in [0.2, 0.25) is 0 Å². The summed E-state index contributed by atoms with van der Waals surface area (Å²) in [6, 6.07) is 0. The molecule has 0 aromatic carbocycles. The number of rotatable bonds is 9. The Morgan fingerprint density at radius 2 is 2.13 bits per heavy atom. The lowest BCUT2D eigenvalue weighted by atomic mass is 10.2. The lowest BCUT2D eigenvalue weighted by molar-refractivity contribution is -0.138. The van der Waals surface area contributed by atoms with E-state index in [0.29, 0.717) is 5.92 Å². The summed E-state index contributed by atoms with van der Waals surface area (Å²) in [4.78, 5) is 12.7. The largest absolute Gasteiger partial charge is 0.480 e. The Balaban J connectivity index is 3.74. The number of thioether (sulfide) groups is 1. The highest BCUT2D eigenvalue weighted by Crippen LogP contribution is 2.04. The van der Waals surface area contributed by atoms with Gasteiger partial charge in [0.05, 0.1) is 6.54 Å². The van der Waals surface area contributed by atoms with Crippen molar-refractivity contribution in [3.63, 3.8) is 0 Å². The van der Waals surface area contributed by atoms with Crippen LogP contribution in [0.5, 0.6) is 0 Å². The molecule has 1 N–H and O–H groups in total. The van der Waals surface area contributed by atoms with Crippen LogP contribution in [-0.4, -0.2) is 47.1 Å². The van der Waals surface area contributed by atoms with Gasteiger partial charge in [-0.2, -0.15) is 11.8 Å². The fourth-order valence-electron chi connectivity index (χ4n) is 1.48. The second kappa shape index (κ2) is 9.04. The lowest BCUT2D eigenvalue weighted by Crippen LogP contribution is -2.34. The molecule has 0 spiro atoms. The van der Waals surface area contributed by atoms with E-state index in [1.807, 2.05) is 16.7 Å². The molecule has 90 valence electrons. The third-order valence-electron chi connectivity index (χ3n) is 1.95. The molecule has 0 amide bonds. The minimum Gasteiger partial charge on any atom is -0.480 e. The number of carbonyl (C=O) groups is 1. The molecule has 0 saturated heterocycles. The topological polar surface area (TPSA) is 40.5 Å². The Morgan fingerprint density at radius 3 is 2.60 bits per heavy atom. The van der Waals surface area contributed by atoms with Crippen LogP contribution in [0.4, 0.5) is 0 Å². The van der Waals surface area contributed by atoms with Gasteiger partial charge >= 0.3 is 5.97 Å². The van der Waals surface area contributed by atoms with Crippen molar-refractivity contribution in [3.8, 4) is 0 Å². The van der Waals surface area contributed by atoms with E-state index in [0.717, 1.165) is 31.0 Å². The quantitative estimate of drug-likeness (QED) is 0.620. The molecule has 0 radical (unpaired) electrons. The van der Waals surface area contributed by atoms with Crippen molar-refractivity contribution in [1.29, 1.82) is 0 Å². The molecule has 4 heteroatoms. The molecule has 3 nitrogen and oxygen atoms in total. The zero-order valence-corrected chi connectivity index (χ0v) is 10.8. The minimum atomic E-state index is -0.723. The predicted molar refractivity (Wildman–Crippen MR) is 66.5 cm³/mol. The van der Waals surface area contributed by atoms with Crippen LogP contribution in [-0.2, 0) is 4.79 Å². The first-order valence-electron chi connectivity index (χ1n) is 5.58. The number of nitrogens with zero attached hydrogens (tertiary/aromatic N) is 1. The average Bonchev–Trinajstić information content (AvgIpc) is 2.10. The standard InChI is InChI=1S/C11H23NO2S/c1-4-15-7-5-6-12(8-10(2)3)9-11(13)14/h10H,4-9H2,1-3H3,(H,13,14). The Hall–Kier alpha value is -0.220. The highest BCUT2D eigenvalue weighted by Gasteiger charge is 2.10. The van der Waals surface area contributed by atoms with Gasteiger partial charge in [-0.1, -0.05) is 20.8 Å². The predicted octanol–water partition coefficient (Wildman–Crippen LogP) is 2.17. The molecule has 0 aliphatic heterocycles. The van der Waals surface area contributed by atoms with Crippen molar-refractivity contribution in [1.82, 2.24) is 4.90 Å². The molecule has 0 saturated carbocycles. The van der Waals surface area contributed by atoms with Gasteiger partial charge in [0, 0.05) is 6.54 Å². The molecule has 15 heavy (non-hydrogen) atoms. The second-order valence-corrected chi connectivity index (χ2v) is 5.47. The van der Waals surface area contributed by atoms with Crippen LogP contribution >= 0.6 is 11.8 Å². The molecule has 0 aliphatic rings. The summed E-state index contributed by atoms with van der Waals surface area (Å²) in [5.41, 5.74) is 0. The second-order valence-electron chi connectivity index (χ2n) is 4.07. The molecular formula is C11H23NO2S. The number of carboxylic acid groups (broad SMARTS) is 1. The molecule has 0 atom stereocenters. The van der Waals surface area contributed by atoms with Crippen LogP contribution in [0.3, 0.4) is 0 Å². The zero-order valence-electron chi connectivity index (χ0n) is 10.0. The van der Waals surface area contributed by atoms with Crippen molar-refractivity contribution in [2.45, 2.75) is 27.2 Å². The summed E-state index contributed by atoms with van der Waals surface area (Å²) in [7, 11) is 0. The molecule has 0 unspecified atom stereocenters. The number of hydrogen-bond acceptors (Lipinski definition) is 3. The van der Waals surface area contributed by atoms with E-state index in [4.69, 9.17) is 5.11 Å². The molecule has 0 aromatic rings. The van der Waals surface area contributed by atoms with Crippen LogP contribution < -0.4 is 0 Å². The third-order valence-corrected chi connectivity index (χ3v) is 2.93. The summed E-state index contributed by atoms with van der Waals surface area (Å²) in [6.07, 6.45) is 1.08. The molecule has 0 aromatic heterocycles. The maximum Gasteiger partial charge on any atom is 0.317 e. The first-order chi connectivity index (χ1) is 7.06. The highest BCUT2D eigenvalue weighted by atomic mass is 32.2. The molecular weight excluding hydrogens is 210 g/mol. The van der Waals surface area contributed by atoms with E-state index < -0.39 is 5.97 Å². The van der Waals surface area contributed by atoms with Gasteiger partial charge in [0.15, 0.2) is 0 Å². The summed E-state index contributed by atoms with van der Waals surface area (Å²) >= 11 is 1.91. The van der Waals surface area contributed by atoms with E-state index in [-0.39, 0.29) is 6.54 Å². The Labute approximate surface area is 97.2 Å². The zero-order chi connectivity index (χ0) is 11.7. The van der Waals surface area contributed by atoms with Crippen LogP contribution in [0.25, 0.3) is 0 Å². The van der Waals surface area contributed by atoms with Crippen molar-refractivity contribution < 1.29 is 9.90 Å². The number of hydrogen-bond donors (Lipinski definition) is 1. The summed E-state index contributed by atoms with van der Waals surface area (Å²) < 4.78 is 0. The van der Waals surface area contributed by atoms with E-state index in [1.165, 1.54) is 0 Å². The lowest BCUT2D eigenvalue weighted by Gasteiger charge is -2.21. The summed E-state index contributed by atoms with van der Waals surface area (Å²) in [5, 5.41) is 8.75. The third kappa shape index (κ3) is 10.1. The van der Waals surface area contributed by atoms with E-state index in [2.05, 4.69) is 20.8 Å². The fourth-order valence-corrected chi connectivity index (χ4v) is 2.10. The summed E-state index contributed by atoms with van der Waals surface area (Å²) in [5.74, 6) is 2.08. The van der Waals surface area contributed by atoms with Gasteiger partial charge in [0.25, 0.3) is 0 Å². The molecule has 0 rings (SSSR count). The SMILES string of the molecule is CCSCCCN(CC(=O)O)CC(C)C. The van der Waals surface area contributed by atoms with E-state index >= 15 is 0 Å². The van der Waals surface area contributed by atoms with Crippen molar-refractivity contribution in [2.24, 2.45) is 5.92 Å². The van der Waals surface area contributed by atoms with Gasteiger partial charge in [0.2, 0.25) is 0 Å². The molecule has 0 bridgehead atoms. The summed E-state index contributed by atoms with van der Waals surface area (Å²) in [6.45, 7) is 8.34. The average molecular weight is 233 g/mol. The highest BCUT2D eigenvalue weighted by molar-refractivity contribution is 7.99. The van der Waals surface area contributed by atoms with Gasteiger partial charge in [-0.3, -0.25) is 9.69 Å². The first-order valence-corrected chi connectivity index (χ1v) is 6.73.